The highest BCUT2D eigenvalue weighted by atomic mass is 35.5. The van der Waals surface area contributed by atoms with Crippen LogP contribution in [0.4, 0.5) is 19.3 Å². The number of nitrogens with one attached hydrogen (secondary N) is 2. The van der Waals surface area contributed by atoms with E-state index in [2.05, 4.69) is 5.32 Å². The molecule has 126 valence electrons. The Morgan fingerprint density at radius 3 is 2.08 bits per heavy atom. The summed E-state index contributed by atoms with van der Waals surface area (Å²) in [4.78, 5) is 23.6. The Morgan fingerprint density at radius 2 is 1.50 bits per heavy atom. The van der Waals surface area contributed by atoms with Gasteiger partial charge in [0.2, 0.25) is 0 Å². The van der Waals surface area contributed by atoms with Crippen LogP contribution in [0.15, 0.2) is 24.3 Å². The molecule has 2 N–H and O–H groups in total. The van der Waals surface area contributed by atoms with E-state index < -0.39 is 29.1 Å². The Kier molecular flexibility index (Phi) is 5.87. The third-order valence-electron chi connectivity index (χ3n) is 2.77. The highest BCUT2D eigenvalue weighted by molar-refractivity contribution is 6.52. The van der Waals surface area contributed by atoms with Gasteiger partial charge in [-0.25, -0.2) is 13.6 Å². The minimum atomic E-state index is -1.27. The number of hydrogen-bond acceptors (Lipinski definition) is 2. The Balaban J connectivity index is 2.19. The summed E-state index contributed by atoms with van der Waals surface area (Å²) < 4.78 is 27.0. The molecule has 0 aliphatic heterocycles. The molecule has 0 saturated carbocycles. The zero-order valence-electron chi connectivity index (χ0n) is 11.4. The van der Waals surface area contributed by atoms with Crippen molar-refractivity contribution in [2.45, 2.75) is 0 Å². The largest absolute Gasteiger partial charge is 0.326 e. The summed E-state index contributed by atoms with van der Waals surface area (Å²) in [7, 11) is 0. The maximum atomic E-state index is 13.5. The molecule has 0 unspecified atom stereocenters. The molecular weight excluding hydrogens is 408 g/mol. The van der Waals surface area contributed by atoms with Gasteiger partial charge in [0.05, 0.1) is 25.8 Å². The molecule has 2 rings (SSSR count). The second-order valence-electron chi connectivity index (χ2n) is 4.35. The summed E-state index contributed by atoms with van der Waals surface area (Å²) in [5.41, 5.74) is -0.943. The zero-order chi connectivity index (χ0) is 18.0. The minimum absolute atomic E-state index is 0.00726. The maximum absolute atomic E-state index is 13.5. The third kappa shape index (κ3) is 3.89. The van der Waals surface area contributed by atoms with Gasteiger partial charge < -0.3 is 5.32 Å². The van der Waals surface area contributed by atoms with Crippen molar-refractivity contribution < 1.29 is 18.4 Å². The predicted molar refractivity (Wildman–Crippen MR) is 89.3 cm³/mol. The van der Waals surface area contributed by atoms with E-state index in [0.717, 1.165) is 18.2 Å². The van der Waals surface area contributed by atoms with Crippen LogP contribution in [0, 0.1) is 11.6 Å². The first-order valence-electron chi connectivity index (χ1n) is 6.11. The molecule has 0 atom stereocenters. The van der Waals surface area contributed by atoms with Crippen LogP contribution in [-0.2, 0) is 0 Å². The summed E-state index contributed by atoms with van der Waals surface area (Å²) in [5.74, 6) is -3.50. The molecule has 3 amide bonds. The molecule has 0 aliphatic rings. The van der Waals surface area contributed by atoms with Gasteiger partial charge in [-0.05, 0) is 18.2 Å². The van der Waals surface area contributed by atoms with E-state index >= 15 is 0 Å². The molecule has 0 fully saturated rings. The molecule has 0 saturated heterocycles. The van der Waals surface area contributed by atoms with E-state index in [0.29, 0.717) is 0 Å². The minimum Gasteiger partial charge on any atom is -0.306 e. The molecular formula is C14H6Cl4F2N2O2. The van der Waals surface area contributed by atoms with E-state index in [9.17, 15) is 18.4 Å². The van der Waals surface area contributed by atoms with Crippen molar-refractivity contribution in [3.05, 3.63) is 61.6 Å². The average Bonchev–Trinajstić information content (AvgIpc) is 2.50. The van der Waals surface area contributed by atoms with Gasteiger partial charge in [0.15, 0.2) is 0 Å². The van der Waals surface area contributed by atoms with Crippen LogP contribution in [-0.4, -0.2) is 11.9 Å². The highest BCUT2D eigenvalue weighted by Crippen LogP contribution is 2.40. The second-order valence-corrected chi connectivity index (χ2v) is 5.89. The lowest BCUT2D eigenvalue weighted by Crippen LogP contribution is -2.35. The SMILES string of the molecule is O=C(NC(=O)c1c(F)cccc1F)Nc1cc(Cl)c(Cl)c(Cl)c1Cl. The molecule has 0 aliphatic carbocycles. The van der Waals surface area contributed by atoms with Crippen molar-refractivity contribution in [3.8, 4) is 0 Å². The molecule has 4 nitrogen and oxygen atoms in total. The lowest BCUT2D eigenvalue weighted by atomic mass is 10.2. The number of anilines is 1. The number of benzene rings is 2. The number of carbonyl (C=O) groups excluding carboxylic acids is 2. The normalized spacial score (nSPS) is 10.4. The summed E-state index contributed by atoms with van der Waals surface area (Å²) in [5, 5.41) is 3.71. The summed E-state index contributed by atoms with van der Waals surface area (Å²) in [6.07, 6.45) is 0. The molecule has 0 radical (unpaired) electrons. The Labute approximate surface area is 154 Å². The fourth-order valence-electron chi connectivity index (χ4n) is 1.70. The predicted octanol–water partition coefficient (Wildman–Crippen LogP) is 5.54. The molecule has 2 aromatic rings. The van der Waals surface area contributed by atoms with Crippen LogP contribution < -0.4 is 10.6 Å². The topological polar surface area (TPSA) is 58.2 Å². The van der Waals surface area contributed by atoms with Crippen molar-refractivity contribution in [2.75, 3.05) is 5.32 Å². The van der Waals surface area contributed by atoms with Crippen LogP contribution in [0.3, 0.4) is 0 Å². The van der Waals surface area contributed by atoms with Crippen LogP contribution >= 0.6 is 46.4 Å². The average molecular weight is 414 g/mol. The summed E-state index contributed by atoms with van der Waals surface area (Å²) in [6.45, 7) is 0. The zero-order valence-corrected chi connectivity index (χ0v) is 14.4. The summed E-state index contributed by atoms with van der Waals surface area (Å²) in [6, 6.07) is 2.95. The number of hydrogen-bond donors (Lipinski definition) is 2. The van der Waals surface area contributed by atoms with Crippen molar-refractivity contribution in [1.82, 2.24) is 5.32 Å². The molecule has 0 bridgehead atoms. The fourth-order valence-corrected chi connectivity index (χ4v) is 2.55. The first-order valence-corrected chi connectivity index (χ1v) is 7.63. The van der Waals surface area contributed by atoms with Crippen molar-refractivity contribution in [3.63, 3.8) is 0 Å². The Morgan fingerprint density at radius 1 is 0.917 bits per heavy atom. The van der Waals surface area contributed by atoms with Gasteiger partial charge in [-0.15, -0.1) is 0 Å². The first-order chi connectivity index (χ1) is 11.2. The van der Waals surface area contributed by atoms with Gasteiger partial charge >= 0.3 is 6.03 Å². The number of urea groups is 1. The van der Waals surface area contributed by atoms with Gasteiger partial charge in [-0.2, -0.15) is 0 Å². The van der Waals surface area contributed by atoms with Crippen LogP contribution in [0.25, 0.3) is 0 Å². The second kappa shape index (κ2) is 7.53. The van der Waals surface area contributed by atoms with Crippen LogP contribution in [0.1, 0.15) is 10.4 Å². The molecule has 2 aromatic carbocycles. The quantitative estimate of drug-likeness (QED) is 0.501. The molecule has 24 heavy (non-hydrogen) atoms. The monoisotopic (exact) mass is 412 g/mol. The molecule has 0 spiro atoms. The van der Waals surface area contributed by atoms with Gasteiger partial charge in [-0.3, -0.25) is 10.1 Å². The summed E-state index contributed by atoms with van der Waals surface area (Å²) >= 11 is 23.3. The van der Waals surface area contributed by atoms with Crippen molar-refractivity contribution >= 4 is 64.0 Å². The first kappa shape index (κ1) is 18.7. The lowest BCUT2D eigenvalue weighted by molar-refractivity contribution is 0.0959. The van der Waals surface area contributed by atoms with Gasteiger partial charge in [0.25, 0.3) is 5.91 Å². The molecule has 0 aromatic heterocycles. The van der Waals surface area contributed by atoms with Crippen LogP contribution in [0.5, 0.6) is 0 Å². The van der Waals surface area contributed by atoms with Gasteiger partial charge in [0, 0.05) is 0 Å². The van der Waals surface area contributed by atoms with E-state index in [-0.39, 0.29) is 25.8 Å². The van der Waals surface area contributed by atoms with Crippen molar-refractivity contribution in [1.29, 1.82) is 0 Å². The Hall–Kier alpha value is -1.60. The number of carbonyl (C=O) groups is 2. The van der Waals surface area contributed by atoms with E-state index in [1.807, 2.05) is 0 Å². The number of rotatable bonds is 2. The Bertz CT molecular complexity index is 826. The van der Waals surface area contributed by atoms with Gasteiger partial charge in [0.1, 0.15) is 17.2 Å². The van der Waals surface area contributed by atoms with E-state index in [4.69, 9.17) is 46.4 Å². The number of imide groups is 1. The number of amides is 3. The standard InChI is InChI=1S/C14H6Cl4F2N2O2/c15-5-4-8(11(17)12(18)10(5)16)21-14(24)22-13(23)9-6(19)2-1-3-7(9)20/h1-4H,(H2,21,22,23,24). The highest BCUT2D eigenvalue weighted by Gasteiger charge is 2.20. The lowest BCUT2D eigenvalue weighted by Gasteiger charge is -2.11. The van der Waals surface area contributed by atoms with Crippen LogP contribution in [0.2, 0.25) is 20.1 Å². The third-order valence-corrected chi connectivity index (χ3v) is 4.52. The van der Waals surface area contributed by atoms with E-state index in [1.165, 1.54) is 6.07 Å². The molecule has 0 heterocycles. The van der Waals surface area contributed by atoms with E-state index in [1.54, 1.807) is 5.32 Å². The molecule has 10 heteroatoms. The smallest absolute Gasteiger partial charge is 0.306 e. The van der Waals surface area contributed by atoms with Gasteiger partial charge in [-0.1, -0.05) is 52.5 Å². The van der Waals surface area contributed by atoms with Crippen molar-refractivity contribution in [2.24, 2.45) is 0 Å². The number of halogens is 6. The maximum Gasteiger partial charge on any atom is 0.326 e. The fraction of sp³-hybridized carbons (Fsp3) is 0.